The molecular formula is C31H24N6O4. The molecule has 2 aliphatic carbocycles. The molecule has 3 aromatic rings. The number of hydrazone groups is 1. The molecule has 0 aromatic heterocycles. The van der Waals surface area contributed by atoms with Crippen LogP contribution in [0, 0.1) is 0 Å². The van der Waals surface area contributed by atoms with Crippen LogP contribution in [0.1, 0.15) is 43.8 Å². The number of likely N-dealkylation sites (N-methyl/N-ethyl adjacent to an activating group) is 1. The van der Waals surface area contributed by atoms with E-state index in [0.717, 1.165) is 11.1 Å². The van der Waals surface area contributed by atoms with Crippen LogP contribution in [0.2, 0.25) is 0 Å². The lowest BCUT2D eigenvalue weighted by Gasteiger charge is -2.36. The maximum absolute atomic E-state index is 13.7. The fourth-order valence-corrected chi connectivity index (χ4v) is 5.90. The van der Waals surface area contributed by atoms with Gasteiger partial charge in [0.2, 0.25) is 5.96 Å². The summed E-state index contributed by atoms with van der Waals surface area (Å²) in [5, 5.41) is 7.10. The van der Waals surface area contributed by atoms with Crippen molar-refractivity contribution in [2.75, 3.05) is 7.05 Å². The molecule has 0 saturated carbocycles. The summed E-state index contributed by atoms with van der Waals surface area (Å²) in [5.41, 5.74) is 7.83. The molecule has 2 heterocycles. The number of rotatable bonds is 3. The second kappa shape index (κ2) is 9.37. The van der Waals surface area contributed by atoms with Gasteiger partial charge in [-0.25, -0.2) is 15.2 Å². The number of allylic oxidation sites excluding steroid dienone is 2. The number of Topliss-reactive ketones (excluding diaryl/α,β-unsaturated/α-hetero) is 2. The molecule has 3 aromatic carbocycles. The summed E-state index contributed by atoms with van der Waals surface area (Å²) in [6.45, 7) is 0.333. The van der Waals surface area contributed by atoms with Crippen LogP contribution < -0.4 is 10.7 Å². The van der Waals surface area contributed by atoms with Crippen LogP contribution in [0.25, 0.3) is 5.57 Å². The normalized spacial score (nSPS) is 23.9. The number of fused-ring (bicyclic) bond motifs is 3. The Hall–Kier alpha value is -5.38. The smallest absolute Gasteiger partial charge is 0.321 e. The van der Waals surface area contributed by atoms with Crippen LogP contribution in [-0.4, -0.2) is 64.2 Å². The molecule has 3 amide bonds. The van der Waals surface area contributed by atoms with Gasteiger partial charge in [0.25, 0.3) is 5.91 Å². The van der Waals surface area contributed by atoms with Gasteiger partial charge in [-0.15, -0.1) is 0 Å². The highest BCUT2D eigenvalue weighted by molar-refractivity contribution is 6.45. The third-order valence-electron chi connectivity index (χ3n) is 7.91. The molecule has 1 saturated heterocycles. The van der Waals surface area contributed by atoms with E-state index >= 15 is 0 Å². The summed E-state index contributed by atoms with van der Waals surface area (Å²) < 4.78 is 0. The summed E-state index contributed by atoms with van der Waals surface area (Å²) in [5.74, 6) is -0.408. The second-order valence-corrected chi connectivity index (χ2v) is 10.3. The Morgan fingerprint density at radius 1 is 0.878 bits per heavy atom. The van der Waals surface area contributed by atoms with E-state index < -0.39 is 24.1 Å². The van der Waals surface area contributed by atoms with Crippen LogP contribution in [0.4, 0.5) is 4.79 Å². The van der Waals surface area contributed by atoms with Gasteiger partial charge in [0, 0.05) is 36.7 Å². The molecule has 0 spiro atoms. The SMILES string of the molecule is CN1C(=O)NC(=O)C2C1N=C(N/N=C1\C(=C3/CC(=O)c4ccccc43)C(=O)c3ccccc31)N2Cc1ccccc1. The Balaban J connectivity index is 1.33. The van der Waals surface area contributed by atoms with Crippen LogP contribution in [0.5, 0.6) is 0 Å². The number of carbonyl (C=O) groups is 4. The van der Waals surface area contributed by atoms with Gasteiger partial charge >= 0.3 is 6.03 Å². The Labute approximate surface area is 235 Å². The highest BCUT2D eigenvalue weighted by atomic mass is 16.2. The molecule has 10 nitrogen and oxygen atoms in total. The number of imide groups is 1. The molecule has 2 aliphatic heterocycles. The first-order valence-electron chi connectivity index (χ1n) is 13.2. The van der Waals surface area contributed by atoms with Crippen molar-refractivity contribution in [3.8, 4) is 0 Å². The van der Waals surface area contributed by atoms with Crippen molar-refractivity contribution >= 4 is 40.7 Å². The summed E-state index contributed by atoms with van der Waals surface area (Å²) in [6, 6.07) is 22.8. The molecule has 2 unspecified atom stereocenters. The lowest BCUT2D eigenvalue weighted by atomic mass is 9.98. The number of urea groups is 1. The van der Waals surface area contributed by atoms with E-state index in [1.165, 1.54) is 4.90 Å². The minimum absolute atomic E-state index is 0.0452. The Bertz CT molecular complexity index is 1760. The number of amides is 3. The first-order chi connectivity index (χ1) is 19.9. The predicted molar refractivity (Wildman–Crippen MR) is 151 cm³/mol. The maximum Gasteiger partial charge on any atom is 0.325 e. The quantitative estimate of drug-likeness (QED) is 0.386. The van der Waals surface area contributed by atoms with Crippen molar-refractivity contribution < 1.29 is 19.2 Å². The van der Waals surface area contributed by atoms with E-state index in [0.29, 0.717) is 40.1 Å². The number of hydrogen-bond acceptors (Lipinski definition) is 8. The molecule has 41 heavy (non-hydrogen) atoms. The maximum atomic E-state index is 13.7. The monoisotopic (exact) mass is 544 g/mol. The van der Waals surface area contributed by atoms with Gasteiger partial charge in [0.15, 0.2) is 23.8 Å². The minimum atomic E-state index is -0.768. The van der Waals surface area contributed by atoms with Gasteiger partial charge in [-0.1, -0.05) is 78.9 Å². The van der Waals surface area contributed by atoms with Gasteiger partial charge in [-0.2, -0.15) is 5.10 Å². The molecule has 0 radical (unpaired) electrons. The number of nitrogens with zero attached hydrogens (tertiary/aromatic N) is 4. The van der Waals surface area contributed by atoms with Crippen LogP contribution >= 0.6 is 0 Å². The fraction of sp³-hybridized carbons (Fsp3) is 0.161. The van der Waals surface area contributed by atoms with E-state index in [1.807, 2.05) is 60.7 Å². The molecule has 202 valence electrons. The number of aliphatic imine (C=N–C) groups is 1. The molecule has 2 N–H and O–H groups in total. The summed E-state index contributed by atoms with van der Waals surface area (Å²) >= 11 is 0. The largest absolute Gasteiger partial charge is 0.325 e. The van der Waals surface area contributed by atoms with Crippen molar-refractivity contribution in [3.05, 3.63) is 112 Å². The van der Waals surface area contributed by atoms with Gasteiger partial charge in [-0.05, 0) is 16.7 Å². The van der Waals surface area contributed by atoms with E-state index in [2.05, 4.69) is 15.7 Å². The first-order valence-corrected chi connectivity index (χ1v) is 13.2. The number of hydrogen-bond donors (Lipinski definition) is 2. The van der Waals surface area contributed by atoms with E-state index in [1.54, 1.807) is 30.1 Å². The van der Waals surface area contributed by atoms with Gasteiger partial charge in [0.05, 0.1) is 5.57 Å². The lowest BCUT2D eigenvalue weighted by Crippen LogP contribution is -2.63. The molecule has 1 fully saturated rings. The predicted octanol–water partition coefficient (Wildman–Crippen LogP) is 2.96. The third-order valence-corrected chi connectivity index (χ3v) is 7.91. The van der Waals surface area contributed by atoms with E-state index in [9.17, 15) is 19.2 Å². The number of ketones is 2. The number of guanidine groups is 1. The van der Waals surface area contributed by atoms with Crippen molar-refractivity contribution in [3.63, 3.8) is 0 Å². The average molecular weight is 545 g/mol. The fourth-order valence-electron chi connectivity index (χ4n) is 5.90. The van der Waals surface area contributed by atoms with Crippen LogP contribution in [-0.2, 0) is 11.3 Å². The topological polar surface area (TPSA) is 124 Å². The molecule has 7 rings (SSSR count). The van der Waals surface area contributed by atoms with E-state index in [4.69, 9.17) is 5.10 Å². The minimum Gasteiger partial charge on any atom is -0.321 e. The lowest BCUT2D eigenvalue weighted by molar-refractivity contribution is -0.127. The molecule has 4 aliphatic rings. The van der Waals surface area contributed by atoms with Crippen LogP contribution in [0.3, 0.4) is 0 Å². The van der Waals surface area contributed by atoms with Gasteiger partial charge in [0.1, 0.15) is 5.71 Å². The van der Waals surface area contributed by atoms with Gasteiger partial charge in [-0.3, -0.25) is 19.7 Å². The highest BCUT2D eigenvalue weighted by Gasteiger charge is 2.49. The number of carbonyl (C=O) groups excluding carboxylic acids is 4. The second-order valence-electron chi connectivity index (χ2n) is 10.3. The first kappa shape index (κ1) is 24.6. The zero-order valence-electron chi connectivity index (χ0n) is 22.0. The summed E-state index contributed by atoms with van der Waals surface area (Å²) in [6.07, 6.45) is -0.650. The van der Waals surface area contributed by atoms with Crippen LogP contribution in [0.15, 0.2) is 94.5 Å². The van der Waals surface area contributed by atoms with Crippen molar-refractivity contribution in [1.29, 1.82) is 0 Å². The Morgan fingerprint density at radius 2 is 1.54 bits per heavy atom. The molecule has 10 heteroatoms. The summed E-state index contributed by atoms with van der Waals surface area (Å²) in [4.78, 5) is 59.8. The Kier molecular flexibility index (Phi) is 5.63. The average Bonchev–Trinajstić information content (AvgIpc) is 3.61. The molecular weight excluding hydrogens is 520 g/mol. The van der Waals surface area contributed by atoms with Gasteiger partial charge < -0.3 is 9.80 Å². The molecule has 2 atom stereocenters. The van der Waals surface area contributed by atoms with Crippen molar-refractivity contribution in [1.82, 2.24) is 20.5 Å². The number of benzene rings is 3. The Morgan fingerprint density at radius 3 is 2.29 bits per heavy atom. The van der Waals surface area contributed by atoms with Crippen molar-refractivity contribution in [2.45, 2.75) is 25.2 Å². The zero-order chi connectivity index (χ0) is 28.2. The third kappa shape index (κ3) is 3.87. The van der Waals surface area contributed by atoms with E-state index in [-0.39, 0.29) is 23.9 Å². The number of nitrogens with one attached hydrogen (secondary N) is 2. The standard InChI is InChI=1S/C31H24N6O4/c1-36-28-26(29(40)33-31(36)41)37(16-17-9-3-2-4-10-17)30(32-28)35-34-25-20-13-7-8-14-21(20)27(39)24(25)22-15-23(38)19-12-6-5-11-18(19)22/h2-14,26,28H,15-16H2,1H3,(H,32,35)(H,33,40,41)/b24-22-,34-25-. The highest BCUT2D eigenvalue weighted by Crippen LogP contribution is 2.40. The van der Waals surface area contributed by atoms with Crippen molar-refractivity contribution in [2.24, 2.45) is 10.1 Å². The summed E-state index contributed by atoms with van der Waals surface area (Å²) in [7, 11) is 1.58. The zero-order valence-corrected chi connectivity index (χ0v) is 22.0. The molecule has 0 bridgehead atoms.